The van der Waals surface area contributed by atoms with Crippen molar-refractivity contribution in [2.24, 2.45) is 0 Å². The first kappa shape index (κ1) is 27.2. The van der Waals surface area contributed by atoms with Crippen molar-refractivity contribution in [3.63, 3.8) is 0 Å². The van der Waals surface area contributed by atoms with E-state index < -0.39 is 0 Å². The molecule has 7 rings (SSSR count). The van der Waals surface area contributed by atoms with Crippen LogP contribution in [0, 0.1) is 22.7 Å². The molecule has 0 N–H and O–H groups in total. The SMILES string of the molecule is N#Cc1ccc(N(c2ccccc2)c2ccc(-c3nc4ccc(N(c5ccccc5)c5ccc(C#N)cc5)cc4o3)cc2)cc1. The fourth-order valence-corrected chi connectivity index (χ4v) is 5.35. The summed E-state index contributed by atoms with van der Waals surface area (Å²) < 4.78 is 6.32. The van der Waals surface area contributed by atoms with Crippen LogP contribution in [0.3, 0.4) is 0 Å². The van der Waals surface area contributed by atoms with Crippen LogP contribution in [0.2, 0.25) is 0 Å². The first-order valence-electron chi connectivity index (χ1n) is 14.4. The summed E-state index contributed by atoms with van der Waals surface area (Å²) in [5, 5.41) is 18.6. The van der Waals surface area contributed by atoms with Gasteiger partial charge in [-0.05, 0) is 109 Å². The minimum absolute atomic E-state index is 0.531. The summed E-state index contributed by atoms with van der Waals surface area (Å²) in [7, 11) is 0. The average molecular weight is 580 g/mol. The number of benzene rings is 6. The summed E-state index contributed by atoms with van der Waals surface area (Å²) in [6.07, 6.45) is 0. The summed E-state index contributed by atoms with van der Waals surface area (Å²) in [5.41, 5.74) is 9.27. The summed E-state index contributed by atoms with van der Waals surface area (Å²) in [6, 6.07) is 53.8. The van der Waals surface area contributed by atoms with Gasteiger partial charge in [-0.25, -0.2) is 4.98 Å². The summed E-state index contributed by atoms with van der Waals surface area (Å²) in [4.78, 5) is 9.06. The van der Waals surface area contributed by atoms with Crippen molar-refractivity contribution >= 4 is 45.2 Å². The molecule has 0 bridgehead atoms. The van der Waals surface area contributed by atoms with E-state index in [2.05, 4.69) is 34.1 Å². The van der Waals surface area contributed by atoms with Crippen molar-refractivity contribution in [3.05, 3.63) is 163 Å². The van der Waals surface area contributed by atoms with Crippen LogP contribution in [0.15, 0.2) is 156 Å². The van der Waals surface area contributed by atoms with E-state index in [9.17, 15) is 10.5 Å². The molecule has 0 fully saturated rings. The lowest BCUT2D eigenvalue weighted by Gasteiger charge is -2.25. The normalized spacial score (nSPS) is 10.6. The van der Waals surface area contributed by atoms with Gasteiger partial charge in [-0.15, -0.1) is 0 Å². The van der Waals surface area contributed by atoms with Crippen LogP contribution in [0.5, 0.6) is 0 Å². The number of rotatable bonds is 7. The molecular formula is C39H25N5O. The first-order valence-corrected chi connectivity index (χ1v) is 14.4. The second-order valence-electron chi connectivity index (χ2n) is 10.4. The number of nitriles is 2. The van der Waals surface area contributed by atoms with Crippen LogP contribution >= 0.6 is 0 Å². The third-order valence-electron chi connectivity index (χ3n) is 7.54. The molecule has 1 aromatic heterocycles. The van der Waals surface area contributed by atoms with Crippen LogP contribution in [0.1, 0.15) is 11.1 Å². The Kier molecular flexibility index (Phi) is 7.22. The molecule has 6 aromatic carbocycles. The number of aromatic nitrogens is 1. The van der Waals surface area contributed by atoms with Crippen molar-refractivity contribution < 1.29 is 4.42 Å². The highest BCUT2D eigenvalue weighted by atomic mass is 16.3. The van der Waals surface area contributed by atoms with E-state index in [0.29, 0.717) is 22.6 Å². The summed E-state index contributed by atoms with van der Waals surface area (Å²) in [5.74, 6) is 0.531. The smallest absolute Gasteiger partial charge is 0.227 e. The maximum atomic E-state index is 9.29. The van der Waals surface area contributed by atoms with E-state index in [1.165, 1.54) is 0 Å². The van der Waals surface area contributed by atoms with Gasteiger partial charge in [0, 0.05) is 45.8 Å². The molecule has 0 aliphatic rings. The van der Waals surface area contributed by atoms with E-state index in [0.717, 1.165) is 45.2 Å². The van der Waals surface area contributed by atoms with E-state index in [-0.39, 0.29) is 0 Å². The molecule has 0 unspecified atom stereocenters. The minimum Gasteiger partial charge on any atom is -0.436 e. The molecule has 0 spiro atoms. The van der Waals surface area contributed by atoms with Gasteiger partial charge in [-0.2, -0.15) is 10.5 Å². The van der Waals surface area contributed by atoms with Gasteiger partial charge in [0.15, 0.2) is 5.58 Å². The Balaban J connectivity index is 1.23. The van der Waals surface area contributed by atoms with Crippen LogP contribution in [-0.4, -0.2) is 4.98 Å². The van der Waals surface area contributed by atoms with Crippen LogP contribution in [0.25, 0.3) is 22.6 Å². The van der Waals surface area contributed by atoms with Gasteiger partial charge < -0.3 is 14.2 Å². The molecule has 0 saturated heterocycles. The van der Waals surface area contributed by atoms with Gasteiger partial charge in [0.05, 0.1) is 23.3 Å². The zero-order chi connectivity index (χ0) is 30.6. The first-order chi connectivity index (χ1) is 22.2. The molecule has 0 amide bonds. The second-order valence-corrected chi connectivity index (χ2v) is 10.4. The van der Waals surface area contributed by atoms with Crippen LogP contribution in [0.4, 0.5) is 34.1 Å². The standard InChI is InChI=1S/C39H25N5O/c40-26-28-11-17-33(18-12-28)43(31-7-3-1-4-8-31)35-21-15-30(16-22-35)39-42-37-24-23-36(25-38(37)45-39)44(32-9-5-2-6-10-32)34-19-13-29(27-41)14-20-34/h1-25H. The highest BCUT2D eigenvalue weighted by Gasteiger charge is 2.17. The van der Waals surface area contributed by atoms with E-state index in [4.69, 9.17) is 9.40 Å². The Bertz CT molecular complexity index is 2160. The third kappa shape index (κ3) is 5.48. The molecule has 6 heteroatoms. The monoisotopic (exact) mass is 579 g/mol. The molecule has 45 heavy (non-hydrogen) atoms. The van der Waals surface area contributed by atoms with Crippen molar-refractivity contribution in [1.82, 2.24) is 4.98 Å². The maximum absolute atomic E-state index is 9.29. The number of hydrogen-bond acceptors (Lipinski definition) is 6. The summed E-state index contributed by atoms with van der Waals surface area (Å²) in [6.45, 7) is 0. The number of hydrogen-bond donors (Lipinski definition) is 0. The Morgan fingerprint density at radius 1 is 0.467 bits per heavy atom. The fraction of sp³-hybridized carbons (Fsp3) is 0. The number of para-hydroxylation sites is 2. The van der Waals surface area contributed by atoms with Crippen molar-refractivity contribution in [2.45, 2.75) is 0 Å². The van der Waals surface area contributed by atoms with Gasteiger partial charge in [0.1, 0.15) is 5.52 Å². The van der Waals surface area contributed by atoms with Crippen molar-refractivity contribution in [2.75, 3.05) is 9.80 Å². The highest BCUT2D eigenvalue weighted by Crippen LogP contribution is 2.38. The van der Waals surface area contributed by atoms with E-state index >= 15 is 0 Å². The van der Waals surface area contributed by atoms with Gasteiger partial charge in [0.2, 0.25) is 5.89 Å². The van der Waals surface area contributed by atoms with E-state index in [1.807, 2.05) is 140 Å². The molecule has 0 saturated carbocycles. The van der Waals surface area contributed by atoms with Gasteiger partial charge in [-0.3, -0.25) is 0 Å². The third-order valence-corrected chi connectivity index (χ3v) is 7.54. The number of anilines is 6. The zero-order valence-corrected chi connectivity index (χ0v) is 24.1. The quantitative estimate of drug-likeness (QED) is 0.187. The number of nitrogens with zero attached hydrogens (tertiary/aromatic N) is 5. The predicted molar refractivity (Wildman–Crippen MR) is 178 cm³/mol. The maximum Gasteiger partial charge on any atom is 0.227 e. The number of oxazole rings is 1. The lowest BCUT2D eigenvalue weighted by molar-refractivity contribution is 0.620. The molecule has 0 radical (unpaired) electrons. The Morgan fingerprint density at radius 2 is 0.889 bits per heavy atom. The molecule has 7 aromatic rings. The molecule has 0 atom stereocenters. The van der Waals surface area contributed by atoms with Crippen molar-refractivity contribution in [3.8, 4) is 23.6 Å². The molecule has 212 valence electrons. The van der Waals surface area contributed by atoms with Gasteiger partial charge >= 0.3 is 0 Å². The average Bonchev–Trinajstić information content (AvgIpc) is 3.54. The molecule has 0 aliphatic heterocycles. The number of fused-ring (bicyclic) bond motifs is 1. The Morgan fingerprint density at radius 3 is 1.38 bits per heavy atom. The Hall–Kier alpha value is -6.63. The minimum atomic E-state index is 0.531. The topological polar surface area (TPSA) is 80.1 Å². The molecule has 1 heterocycles. The zero-order valence-electron chi connectivity index (χ0n) is 24.1. The molecular weight excluding hydrogens is 554 g/mol. The Labute approximate surface area is 260 Å². The molecule has 6 nitrogen and oxygen atoms in total. The van der Waals surface area contributed by atoms with Gasteiger partial charge in [0.25, 0.3) is 0 Å². The van der Waals surface area contributed by atoms with Crippen LogP contribution in [-0.2, 0) is 0 Å². The van der Waals surface area contributed by atoms with Crippen molar-refractivity contribution in [1.29, 1.82) is 10.5 Å². The fourth-order valence-electron chi connectivity index (χ4n) is 5.35. The second kappa shape index (κ2) is 11.9. The van der Waals surface area contributed by atoms with Crippen LogP contribution < -0.4 is 9.80 Å². The largest absolute Gasteiger partial charge is 0.436 e. The van der Waals surface area contributed by atoms with Gasteiger partial charge in [-0.1, -0.05) is 36.4 Å². The lowest BCUT2D eigenvalue weighted by Crippen LogP contribution is -2.09. The molecule has 0 aliphatic carbocycles. The van der Waals surface area contributed by atoms with E-state index in [1.54, 1.807) is 0 Å². The highest BCUT2D eigenvalue weighted by molar-refractivity contribution is 5.86. The lowest BCUT2D eigenvalue weighted by atomic mass is 10.1. The summed E-state index contributed by atoms with van der Waals surface area (Å²) >= 11 is 0. The predicted octanol–water partition coefficient (Wildman–Crippen LogP) is 10.2.